The molecule has 1 N–H and O–H groups in total. The summed E-state index contributed by atoms with van der Waals surface area (Å²) in [5.74, 6) is 1.69. The molecule has 2 aliphatic rings. The molecule has 0 bridgehead atoms. The molecule has 2 atom stereocenters. The van der Waals surface area contributed by atoms with E-state index in [0.717, 1.165) is 18.9 Å². The van der Waals surface area contributed by atoms with Crippen LogP contribution in [0.25, 0.3) is 0 Å². The lowest BCUT2D eigenvalue weighted by Crippen LogP contribution is -2.30. The topological polar surface area (TPSA) is 29.1 Å². The van der Waals surface area contributed by atoms with Crippen LogP contribution in [0.2, 0.25) is 0 Å². The Kier molecular flexibility index (Phi) is 0.960. The minimum atomic E-state index is 0.242. The summed E-state index contributed by atoms with van der Waals surface area (Å²) in [4.78, 5) is 10.9. The van der Waals surface area contributed by atoms with Crippen LogP contribution < -0.4 is 5.32 Å². The van der Waals surface area contributed by atoms with Crippen LogP contribution >= 0.6 is 0 Å². The number of rotatable bonds is 0. The summed E-state index contributed by atoms with van der Waals surface area (Å²) in [6.07, 6.45) is 0.762. The van der Waals surface area contributed by atoms with E-state index in [-0.39, 0.29) is 5.91 Å². The summed E-state index contributed by atoms with van der Waals surface area (Å²) in [6, 6.07) is 0. The average molecular weight is 139 g/mol. The summed E-state index contributed by atoms with van der Waals surface area (Å²) in [6.45, 7) is 5.42. The predicted molar refractivity (Wildman–Crippen MR) is 38.4 cm³/mol. The first kappa shape index (κ1) is 6.20. The van der Waals surface area contributed by atoms with Crippen molar-refractivity contribution in [2.75, 3.05) is 6.54 Å². The largest absolute Gasteiger partial charge is 0.356 e. The molecule has 1 amide bonds. The maximum atomic E-state index is 10.9. The number of hydrogen-bond donors (Lipinski definition) is 1. The number of hydrogen-bond acceptors (Lipinski definition) is 1. The maximum absolute atomic E-state index is 10.9. The molecule has 0 aromatic heterocycles. The number of amides is 1. The van der Waals surface area contributed by atoms with Crippen LogP contribution in [0.4, 0.5) is 0 Å². The van der Waals surface area contributed by atoms with Crippen LogP contribution in [0.3, 0.4) is 0 Å². The molecule has 2 unspecified atom stereocenters. The van der Waals surface area contributed by atoms with Crippen molar-refractivity contribution in [2.24, 2.45) is 17.3 Å². The zero-order valence-electron chi connectivity index (χ0n) is 6.48. The lowest BCUT2D eigenvalue weighted by molar-refractivity contribution is -0.122. The van der Waals surface area contributed by atoms with Gasteiger partial charge in [-0.05, 0) is 17.3 Å². The fourth-order valence-electron chi connectivity index (χ4n) is 2.16. The second-order valence-electron chi connectivity index (χ2n) is 4.04. The smallest absolute Gasteiger partial charge is 0.220 e. The maximum Gasteiger partial charge on any atom is 0.220 e. The first-order chi connectivity index (χ1) is 4.62. The second-order valence-corrected chi connectivity index (χ2v) is 4.04. The van der Waals surface area contributed by atoms with Gasteiger partial charge in [-0.1, -0.05) is 13.8 Å². The average Bonchev–Trinajstić information content (AvgIpc) is 2.36. The molecule has 1 saturated heterocycles. The number of piperidine rings is 1. The van der Waals surface area contributed by atoms with Crippen molar-refractivity contribution in [1.29, 1.82) is 0 Å². The van der Waals surface area contributed by atoms with Gasteiger partial charge in [0.1, 0.15) is 0 Å². The Labute approximate surface area is 61.0 Å². The lowest BCUT2D eigenvalue weighted by Gasteiger charge is -2.08. The van der Waals surface area contributed by atoms with E-state index in [1.165, 1.54) is 0 Å². The molecule has 1 aliphatic carbocycles. The molecular weight excluding hydrogens is 126 g/mol. The zero-order valence-corrected chi connectivity index (χ0v) is 6.48. The summed E-state index contributed by atoms with van der Waals surface area (Å²) in [5, 5.41) is 2.89. The molecule has 2 heteroatoms. The quantitative estimate of drug-likeness (QED) is 0.528. The summed E-state index contributed by atoms with van der Waals surface area (Å²) < 4.78 is 0. The van der Waals surface area contributed by atoms with Crippen LogP contribution in [0.15, 0.2) is 0 Å². The van der Waals surface area contributed by atoms with Crippen molar-refractivity contribution >= 4 is 5.91 Å². The number of carbonyl (C=O) groups excluding carboxylic acids is 1. The van der Waals surface area contributed by atoms with Gasteiger partial charge < -0.3 is 5.32 Å². The summed E-state index contributed by atoms with van der Waals surface area (Å²) in [7, 11) is 0. The molecule has 0 aromatic carbocycles. The first-order valence-electron chi connectivity index (χ1n) is 3.89. The Bertz CT molecular complexity index is 186. The number of fused-ring (bicyclic) bond motifs is 1. The van der Waals surface area contributed by atoms with Crippen LogP contribution in [0.5, 0.6) is 0 Å². The van der Waals surface area contributed by atoms with E-state index in [0.29, 0.717) is 11.3 Å². The molecule has 1 saturated carbocycles. The molecule has 1 heterocycles. The molecule has 0 aromatic rings. The molecule has 1 aliphatic heterocycles. The van der Waals surface area contributed by atoms with Gasteiger partial charge in [0.05, 0.1) is 0 Å². The van der Waals surface area contributed by atoms with E-state index in [1.807, 2.05) is 0 Å². The molecular formula is C8H13NO. The van der Waals surface area contributed by atoms with Crippen LogP contribution in [0.1, 0.15) is 20.3 Å². The van der Waals surface area contributed by atoms with Gasteiger partial charge >= 0.3 is 0 Å². The molecule has 2 fully saturated rings. The molecule has 0 radical (unpaired) electrons. The highest BCUT2D eigenvalue weighted by Gasteiger charge is 2.59. The normalized spacial score (nSPS) is 42.0. The van der Waals surface area contributed by atoms with Crippen LogP contribution in [0, 0.1) is 17.3 Å². The third-order valence-electron chi connectivity index (χ3n) is 3.21. The Morgan fingerprint density at radius 3 is 2.70 bits per heavy atom. The summed E-state index contributed by atoms with van der Waals surface area (Å²) in [5.41, 5.74) is 0.444. The highest BCUT2D eigenvalue weighted by atomic mass is 16.1. The molecule has 56 valence electrons. The SMILES string of the molecule is CC1(C)C2CNC(=O)CC21. The highest BCUT2D eigenvalue weighted by molar-refractivity contribution is 5.78. The first-order valence-corrected chi connectivity index (χ1v) is 3.89. The minimum Gasteiger partial charge on any atom is -0.356 e. The standard InChI is InChI=1S/C8H13NO/c1-8(2)5-3-7(10)9-4-6(5)8/h5-6H,3-4H2,1-2H3,(H,9,10). The van der Waals surface area contributed by atoms with Crippen molar-refractivity contribution in [3.05, 3.63) is 0 Å². The molecule has 0 spiro atoms. The van der Waals surface area contributed by atoms with Gasteiger partial charge in [0.2, 0.25) is 5.91 Å². The van der Waals surface area contributed by atoms with E-state index in [2.05, 4.69) is 19.2 Å². The minimum absolute atomic E-state index is 0.242. The van der Waals surface area contributed by atoms with Gasteiger partial charge in [0, 0.05) is 13.0 Å². The Morgan fingerprint density at radius 1 is 1.50 bits per heavy atom. The van der Waals surface area contributed by atoms with Gasteiger partial charge in [-0.25, -0.2) is 0 Å². The van der Waals surface area contributed by atoms with E-state index in [1.54, 1.807) is 0 Å². The van der Waals surface area contributed by atoms with Gasteiger partial charge in [0.25, 0.3) is 0 Å². The van der Waals surface area contributed by atoms with Gasteiger partial charge in [-0.3, -0.25) is 4.79 Å². The summed E-state index contributed by atoms with van der Waals surface area (Å²) >= 11 is 0. The van der Waals surface area contributed by atoms with Gasteiger partial charge in [0.15, 0.2) is 0 Å². The second kappa shape index (κ2) is 1.55. The Hall–Kier alpha value is -0.530. The lowest BCUT2D eigenvalue weighted by atomic mass is 10.1. The van der Waals surface area contributed by atoms with Crippen molar-refractivity contribution in [2.45, 2.75) is 20.3 Å². The van der Waals surface area contributed by atoms with Crippen molar-refractivity contribution in [3.8, 4) is 0 Å². The predicted octanol–water partition coefficient (Wildman–Crippen LogP) is 0.778. The fourth-order valence-corrected chi connectivity index (χ4v) is 2.16. The van der Waals surface area contributed by atoms with Crippen LogP contribution in [-0.2, 0) is 4.79 Å². The van der Waals surface area contributed by atoms with Crippen LogP contribution in [-0.4, -0.2) is 12.5 Å². The van der Waals surface area contributed by atoms with Gasteiger partial charge in [-0.15, -0.1) is 0 Å². The monoisotopic (exact) mass is 139 g/mol. The molecule has 10 heavy (non-hydrogen) atoms. The van der Waals surface area contributed by atoms with E-state index >= 15 is 0 Å². The van der Waals surface area contributed by atoms with E-state index in [4.69, 9.17) is 0 Å². The Morgan fingerprint density at radius 2 is 2.20 bits per heavy atom. The Balaban J connectivity index is 2.10. The fraction of sp³-hybridized carbons (Fsp3) is 0.875. The molecule has 2 rings (SSSR count). The van der Waals surface area contributed by atoms with Crippen molar-refractivity contribution < 1.29 is 4.79 Å². The third kappa shape index (κ3) is 0.619. The zero-order chi connectivity index (χ0) is 7.35. The molecule has 2 nitrogen and oxygen atoms in total. The van der Waals surface area contributed by atoms with Crippen molar-refractivity contribution in [1.82, 2.24) is 5.32 Å². The number of carbonyl (C=O) groups is 1. The van der Waals surface area contributed by atoms with E-state index in [9.17, 15) is 4.79 Å². The van der Waals surface area contributed by atoms with Crippen molar-refractivity contribution in [3.63, 3.8) is 0 Å². The number of nitrogens with one attached hydrogen (secondary N) is 1. The third-order valence-corrected chi connectivity index (χ3v) is 3.21. The highest BCUT2D eigenvalue weighted by Crippen LogP contribution is 2.60. The van der Waals surface area contributed by atoms with Gasteiger partial charge in [-0.2, -0.15) is 0 Å². The van der Waals surface area contributed by atoms with E-state index < -0.39 is 0 Å².